The fourth-order valence-corrected chi connectivity index (χ4v) is 1.80. The molecule has 1 aliphatic heterocycles. The number of rotatable bonds is 2. The molecule has 84 valence electrons. The van der Waals surface area contributed by atoms with Gasteiger partial charge in [0.15, 0.2) is 0 Å². The monoisotopic (exact) mass is 241 g/mol. The second-order valence-corrected chi connectivity index (χ2v) is 4.05. The van der Waals surface area contributed by atoms with Gasteiger partial charge in [-0.3, -0.25) is 19.8 Å². The number of hydrogen-bond donors (Lipinski definition) is 0. The van der Waals surface area contributed by atoms with E-state index in [0.717, 1.165) is 6.20 Å². The van der Waals surface area contributed by atoms with Gasteiger partial charge in [-0.25, -0.2) is 4.98 Å². The maximum atomic E-state index is 11.5. The Kier molecular flexibility index (Phi) is 2.74. The minimum atomic E-state index is -0.535. The van der Waals surface area contributed by atoms with E-state index in [9.17, 15) is 14.9 Å². The van der Waals surface area contributed by atoms with Gasteiger partial charge >= 0.3 is 0 Å². The second-order valence-electron chi connectivity index (χ2n) is 3.44. The quantitative estimate of drug-likeness (QED) is 0.445. The maximum absolute atomic E-state index is 11.5. The number of aromatic nitrogens is 1. The summed E-state index contributed by atoms with van der Waals surface area (Å²) in [5.74, 6) is 0.292. The smallest absolute Gasteiger partial charge is 0.287 e. The summed E-state index contributed by atoms with van der Waals surface area (Å²) in [6.07, 6.45) is 1.41. The summed E-state index contributed by atoms with van der Waals surface area (Å²) < 4.78 is 0. The van der Waals surface area contributed by atoms with Crippen molar-refractivity contribution in [2.24, 2.45) is 0 Å². The van der Waals surface area contributed by atoms with Crippen LogP contribution in [-0.4, -0.2) is 27.7 Å². The average molecular weight is 242 g/mol. The molecule has 1 aromatic heterocycles. The molecular formula is C9H8ClN3O3. The number of hydrogen-bond acceptors (Lipinski definition) is 4. The van der Waals surface area contributed by atoms with Crippen molar-refractivity contribution >= 4 is 29.0 Å². The predicted octanol–water partition coefficient (Wildman–Crippen LogP) is 1.33. The van der Waals surface area contributed by atoms with Crippen LogP contribution in [0.2, 0.25) is 0 Å². The van der Waals surface area contributed by atoms with E-state index < -0.39 is 4.92 Å². The van der Waals surface area contributed by atoms with Gasteiger partial charge in [-0.1, -0.05) is 0 Å². The number of pyridine rings is 1. The molecule has 0 radical (unpaired) electrons. The first kappa shape index (κ1) is 10.8. The Morgan fingerprint density at radius 1 is 1.56 bits per heavy atom. The maximum Gasteiger partial charge on any atom is 0.287 e. The fraction of sp³-hybridized carbons (Fsp3) is 0.333. The van der Waals surface area contributed by atoms with Crippen LogP contribution in [0.15, 0.2) is 18.3 Å². The molecule has 1 aromatic rings. The number of carbonyl (C=O) groups is 1. The predicted molar refractivity (Wildman–Crippen MR) is 57.5 cm³/mol. The Bertz CT molecular complexity index is 434. The van der Waals surface area contributed by atoms with Crippen LogP contribution in [0.3, 0.4) is 0 Å². The molecule has 2 heterocycles. The third kappa shape index (κ3) is 1.96. The van der Waals surface area contributed by atoms with Crippen molar-refractivity contribution in [1.29, 1.82) is 0 Å². The van der Waals surface area contributed by atoms with Crippen molar-refractivity contribution in [3.05, 3.63) is 28.4 Å². The highest BCUT2D eigenvalue weighted by Crippen LogP contribution is 2.23. The van der Waals surface area contributed by atoms with Crippen molar-refractivity contribution in [3.8, 4) is 0 Å². The van der Waals surface area contributed by atoms with Crippen molar-refractivity contribution in [2.45, 2.75) is 11.8 Å². The third-order valence-corrected chi connectivity index (χ3v) is 2.59. The summed E-state index contributed by atoms with van der Waals surface area (Å²) in [5.41, 5.74) is -0.0992. The van der Waals surface area contributed by atoms with E-state index in [-0.39, 0.29) is 23.4 Å². The summed E-state index contributed by atoms with van der Waals surface area (Å²) in [6.45, 7) is 0.394. The lowest BCUT2D eigenvalue weighted by Crippen LogP contribution is -2.25. The third-order valence-electron chi connectivity index (χ3n) is 2.30. The van der Waals surface area contributed by atoms with Crippen LogP contribution >= 0.6 is 11.6 Å². The first-order chi connectivity index (χ1) is 7.58. The molecule has 1 fully saturated rings. The van der Waals surface area contributed by atoms with Gasteiger partial charge in [0, 0.05) is 19.0 Å². The molecule has 6 nitrogen and oxygen atoms in total. The molecule has 1 unspecified atom stereocenters. The van der Waals surface area contributed by atoms with E-state index in [4.69, 9.17) is 11.6 Å². The van der Waals surface area contributed by atoms with Crippen LogP contribution in [0.5, 0.6) is 0 Å². The number of nitro groups is 1. The number of alkyl halides is 1. The first-order valence-corrected chi connectivity index (χ1v) is 5.06. The molecule has 1 saturated heterocycles. The fourth-order valence-electron chi connectivity index (χ4n) is 1.53. The Morgan fingerprint density at radius 3 is 2.75 bits per heavy atom. The van der Waals surface area contributed by atoms with E-state index in [2.05, 4.69) is 4.98 Å². The SMILES string of the molecule is O=C1CC(Cl)CN1c1ccc([N+](=O)[O-])cn1. The number of halogens is 1. The van der Waals surface area contributed by atoms with Gasteiger partial charge in [0.1, 0.15) is 12.0 Å². The van der Waals surface area contributed by atoms with Crippen LogP contribution in [-0.2, 0) is 4.79 Å². The van der Waals surface area contributed by atoms with Gasteiger partial charge in [-0.05, 0) is 6.07 Å². The van der Waals surface area contributed by atoms with Crippen molar-refractivity contribution in [1.82, 2.24) is 4.98 Å². The van der Waals surface area contributed by atoms with Crippen molar-refractivity contribution in [2.75, 3.05) is 11.4 Å². The van der Waals surface area contributed by atoms with Crippen LogP contribution in [0, 0.1) is 10.1 Å². The van der Waals surface area contributed by atoms with Gasteiger partial charge in [-0.15, -0.1) is 11.6 Å². The average Bonchev–Trinajstić information content (AvgIpc) is 2.58. The van der Waals surface area contributed by atoms with Gasteiger partial charge < -0.3 is 0 Å². The minimum absolute atomic E-state index is 0.0992. The summed E-state index contributed by atoms with van der Waals surface area (Å²) in [5, 5.41) is 10.2. The Balaban J connectivity index is 2.22. The molecule has 1 atom stereocenters. The summed E-state index contributed by atoms with van der Waals surface area (Å²) in [6, 6.07) is 2.77. The highest BCUT2D eigenvalue weighted by atomic mass is 35.5. The second kappa shape index (κ2) is 4.05. The molecule has 1 amide bonds. The molecule has 0 aliphatic carbocycles. The van der Waals surface area contributed by atoms with E-state index in [1.807, 2.05) is 0 Å². The van der Waals surface area contributed by atoms with Gasteiger partial charge in [0.25, 0.3) is 5.69 Å². The summed E-state index contributed by atoms with van der Waals surface area (Å²) in [7, 11) is 0. The lowest BCUT2D eigenvalue weighted by atomic mass is 10.4. The number of carbonyl (C=O) groups excluding carboxylic acids is 1. The topological polar surface area (TPSA) is 76.3 Å². The van der Waals surface area contributed by atoms with Gasteiger partial charge in [0.05, 0.1) is 10.3 Å². The molecule has 2 rings (SSSR count). The Hall–Kier alpha value is -1.69. The van der Waals surface area contributed by atoms with Crippen LogP contribution in [0.1, 0.15) is 6.42 Å². The van der Waals surface area contributed by atoms with E-state index in [0.29, 0.717) is 12.4 Å². The number of nitrogens with zero attached hydrogens (tertiary/aromatic N) is 3. The molecule has 0 spiro atoms. The normalized spacial score (nSPS) is 20.2. The zero-order chi connectivity index (χ0) is 11.7. The molecule has 0 bridgehead atoms. The zero-order valence-corrected chi connectivity index (χ0v) is 8.92. The van der Waals surface area contributed by atoms with Crippen LogP contribution in [0.4, 0.5) is 11.5 Å². The van der Waals surface area contributed by atoms with Crippen molar-refractivity contribution in [3.63, 3.8) is 0 Å². The molecule has 0 saturated carbocycles. The Morgan fingerprint density at radius 2 is 2.31 bits per heavy atom. The van der Waals surface area contributed by atoms with Crippen LogP contribution in [0.25, 0.3) is 0 Å². The molecule has 1 aliphatic rings. The molecule has 7 heteroatoms. The van der Waals surface area contributed by atoms with Crippen LogP contribution < -0.4 is 4.90 Å². The largest absolute Gasteiger partial charge is 0.295 e. The molecule has 0 aromatic carbocycles. The lowest BCUT2D eigenvalue weighted by Gasteiger charge is -2.13. The minimum Gasteiger partial charge on any atom is -0.295 e. The summed E-state index contributed by atoms with van der Waals surface area (Å²) in [4.78, 5) is 26.7. The number of anilines is 1. The van der Waals surface area contributed by atoms with Gasteiger partial charge in [-0.2, -0.15) is 0 Å². The highest BCUT2D eigenvalue weighted by molar-refractivity contribution is 6.24. The first-order valence-electron chi connectivity index (χ1n) is 4.63. The van der Waals surface area contributed by atoms with E-state index in [1.165, 1.54) is 17.0 Å². The lowest BCUT2D eigenvalue weighted by molar-refractivity contribution is -0.385. The molecule has 16 heavy (non-hydrogen) atoms. The molecular weight excluding hydrogens is 234 g/mol. The number of amides is 1. The standard InChI is InChI=1S/C9H8ClN3O3/c10-6-3-9(14)12(5-6)8-2-1-7(4-11-8)13(15)16/h1-2,4,6H,3,5H2. The zero-order valence-electron chi connectivity index (χ0n) is 8.17. The highest BCUT2D eigenvalue weighted by Gasteiger charge is 2.30. The van der Waals surface area contributed by atoms with E-state index >= 15 is 0 Å². The van der Waals surface area contributed by atoms with Crippen molar-refractivity contribution < 1.29 is 9.72 Å². The van der Waals surface area contributed by atoms with Gasteiger partial charge in [0.2, 0.25) is 5.91 Å². The molecule has 0 N–H and O–H groups in total. The van der Waals surface area contributed by atoms with E-state index in [1.54, 1.807) is 0 Å². The summed E-state index contributed by atoms with van der Waals surface area (Å²) >= 11 is 5.83. The Labute approximate surface area is 96.0 Å².